The molecule has 0 radical (unpaired) electrons. The van der Waals surface area contributed by atoms with Gasteiger partial charge < -0.3 is 20.1 Å². The van der Waals surface area contributed by atoms with E-state index in [1.807, 2.05) is 36.9 Å². The van der Waals surface area contributed by atoms with E-state index < -0.39 is 0 Å². The number of nitrogens with two attached hydrogens (primary N) is 1. The van der Waals surface area contributed by atoms with Gasteiger partial charge in [0.2, 0.25) is 0 Å². The molecule has 0 aromatic heterocycles. The van der Waals surface area contributed by atoms with Crippen LogP contribution in [0.2, 0.25) is 0 Å². The topological polar surface area (TPSA) is 64.8 Å². The summed E-state index contributed by atoms with van der Waals surface area (Å²) in [7, 11) is 0. The molecule has 5 nitrogen and oxygen atoms in total. The summed E-state index contributed by atoms with van der Waals surface area (Å²) in [5.74, 6) is 1.19. The van der Waals surface area contributed by atoms with Gasteiger partial charge in [-0.05, 0) is 24.0 Å². The maximum absolute atomic E-state index is 12.1. The molecule has 1 unspecified atom stereocenters. The number of hydrogen-bond donors (Lipinski definition) is 1. The van der Waals surface area contributed by atoms with Crippen molar-refractivity contribution in [2.45, 2.75) is 33.8 Å². The third-order valence-corrected chi connectivity index (χ3v) is 3.67. The van der Waals surface area contributed by atoms with Gasteiger partial charge in [-0.3, -0.25) is 4.79 Å². The summed E-state index contributed by atoms with van der Waals surface area (Å²) in [6.07, 6.45) is 0.0344. The molecule has 0 saturated heterocycles. The molecule has 0 aliphatic carbocycles. The summed E-state index contributed by atoms with van der Waals surface area (Å²) in [6.45, 7) is 9.52. The number of para-hydroxylation sites is 1. The Hall–Kier alpha value is -1.91. The minimum Gasteiger partial charge on any atom is -0.486 e. The van der Waals surface area contributed by atoms with Crippen molar-refractivity contribution in [1.29, 1.82) is 0 Å². The number of carbonyl (C=O) groups is 1. The highest BCUT2D eigenvalue weighted by Crippen LogP contribution is 2.39. The molecule has 122 valence electrons. The van der Waals surface area contributed by atoms with Crippen LogP contribution in [0.15, 0.2) is 18.2 Å². The number of rotatable bonds is 5. The van der Waals surface area contributed by atoms with Gasteiger partial charge in [-0.15, -0.1) is 0 Å². The fourth-order valence-corrected chi connectivity index (χ4v) is 2.43. The monoisotopic (exact) mass is 306 g/mol. The molecule has 2 N–H and O–H groups in total. The quantitative estimate of drug-likeness (QED) is 0.669. The molecular weight excluding hydrogens is 280 g/mol. The maximum Gasteiger partial charge on any atom is 0.325 e. The second-order valence-electron chi connectivity index (χ2n) is 6.55. The van der Waals surface area contributed by atoms with Crippen LogP contribution in [-0.2, 0) is 9.53 Å². The number of nitrogens with zero attached hydrogens (tertiary/aromatic N) is 1. The number of fused-ring (bicyclic) bond motifs is 1. The van der Waals surface area contributed by atoms with Crippen molar-refractivity contribution in [1.82, 2.24) is 0 Å². The standard InChI is InChI=1S/C17H26N2O3/c1-11(2)10-21-16(20)9-19-8-15(12(3)4)22-14-7-5-6-13(18)17(14)19/h5-7,11-12,15H,8-10,18H2,1-4H3. The van der Waals surface area contributed by atoms with Crippen molar-refractivity contribution in [3.63, 3.8) is 0 Å². The molecule has 1 aromatic carbocycles. The van der Waals surface area contributed by atoms with Crippen LogP contribution in [0.25, 0.3) is 0 Å². The summed E-state index contributed by atoms with van der Waals surface area (Å²) in [4.78, 5) is 14.0. The fraction of sp³-hybridized carbons (Fsp3) is 0.588. The molecule has 0 saturated carbocycles. The van der Waals surface area contributed by atoms with E-state index in [2.05, 4.69) is 13.8 Å². The third kappa shape index (κ3) is 3.84. The predicted octanol–water partition coefficient (Wildman–Crippen LogP) is 2.69. The molecule has 1 aromatic rings. The highest BCUT2D eigenvalue weighted by Gasteiger charge is 2.30. The second-order valence-corrected chi connectivity index (χ2v) is 6.55. The zero-order valence-electron chi connectivity index (χ0n) is 13.8. The number of benzene rings is 1. The highest BCUT2D eigenvalue weighted by molar-refractivity contribution is 5.82. The summed E-state index contributed by atoms with van der Waals surface area (Å²) in [5.41, 5.74) is 7.49. The van der Waals surface area contributed by atoms with Crippen LogP contribution in [0.1, 0.15) is 27.7 Å². The van der Waals surface area contributed by atoms with Gasteiger partial charge in [-0.25, -0.2) is 0 Å². The molecule has 5 heteroatoms. The first-order valence-electron chi connectivity index (χ1n) is 7.84. The molecule has 0 amide bonds. The summed E-state index contributed by atoms with van der Waals surface area (Å²) < 4.78 is 11.3. The average molecular weight is 306 g/mol. The lowest BCUT2D eigenvalue weighted by molar-refractivity contribution is -0.143. The average Bonchev–Trinajstić information content (AvgIpc) is 2.44. The van der Waals surface area contributed by atoms with Crippen LogP contribution in [0.5, 0.6) is 5.75 Å². The van der Waals surface area contributed by atoms with Gasteiger partial charge in [0.25, 0.3) is 0 Å². The van der Waals surface area contributed by atoms with E-state index in [4.69, 9.17) is 15.2 Å². The molecule has 1 aliphatic rings. The van der Waals surface area contributed by atoms with Crippen LogP contribution in [0.4, 0.5) is 11.4 Å². The molecule has 22 heavy (non-hydrogen) atoms. The van der Waals surface area contributed by atoms with E-state index >= 15 is 0 Å². The molecule has 0 fully saturated rings. The molecule has 0 spiro atoms. The van der Waals surface area contributed by atoms with E-state index in [0.29, 0.717) is 30.7 Å². The van der Waals surface area contributed by atoms with Gasteiger partial charge in [0.15, 0.2) is 0 Å². The SMILES string of the molecule is CC(C)COC(=O)CN1CC(C(C)C)Oc2cccc(N)c21. The van der Waals surface area contributed by atoms with Crippen LogP contribution >= 0.6 is 0 Å². The number of nitrogen functional groups attached to an aromatic ring is 1. The summed E-state index contributed by atoms with van der Waals surface area (Å²) >= 11 is 0. The summed E-state index contributed by atoms with van der Waals surface area (Å²) in [5, 5.41) is 0. The number of anilines is 2. The Balaban J connectivity index is 2.17. The fourth-order valence-electron chi connectivity index (χ4n) is 2.43. The van der Waals surface area contributed by atoms with Gasteiger partial charge in [0.05, 0.1) is 18.8 Å². The minimum atomic E-state index is -0.229. The lowest BCUT2D eigenvalue weighted by Crippen LogP contribution is -2.45. The van der Waals surface area contributed by atoms with Crippen molar-refractivity contribution in [3.8, 4) is 5.75 Å². The normalized spacial score (nSPS) is 17.4. The number of hydrogen-bond acceptors (Lipinski definition) is 5. The van der Waals surface area contributed by atoms with Crippen LogP contribution in [-0.4, -0.2) is 31.8 Å². The van der Waals surface area contributed by atoms with Crippen molar-refractivity contribution < 1.29 is 14.3 Å². The number of carbonyl (C=O) groups excluding carboxylic acids is 1. The second kappa shape index (κ2) is 6.90. The minimum absolute atomic E-state index is 0.0344. The predicted molar refractivity (Wildman–Crippen MR) is 88.1 cm³/mol. The van der Waals surface area contributed by atoms with Crippen molar-refractivity contribution in [2.75, 3.05) is 30.3 Å². The van der Waals surface area contributed by atoms with Gasteiger partial charge in [-0.2, -0.15) is 0 Å². The van der Waals surface area contributed by atoms with Crippen LogP contribution < -0.4 is 15.4 Å². The van der Waals surface area contributed by atoms with Gasteiger partial charge >= 0.3 is 5.97 Å². The van der Waals surface area contributed by atoms with E-state index in [1.54, 1.807) is 0 Å². The Morgan fingerprint density at radius 2 is 2.14 bits per heavy atom. The lowest BCUT2D eigenvalue weighted by Gasteiger charge is -2.38. The Kier molecular flexibility index (Phi) is 5.16. The van der Waals surface area contributed by atoms with E-state index in [-0.39, 0.29) is 18.6 Å². The Bertz CT molecular complexity index is 529. The Labute approximate surface area is 132 Å². The molecule has 1 aliphatic heterocycles. The smallest absolute Gasteiger partial charge is 0.325 e. The number of ether oxygens (including phenoxy) is 2. The maximum atomic E-state index is 12.1. The molecule has 2 rings (SSSR count). The first-order valence-corrected chi connectivity index (χ1v) is 7.84. The largest absolute Gasteiger partial charge is 0.486 e. The van der Waals surface area contributed by atoms with Crippen molar-refractivity contribution in [2.24, 2.45) is 11.8 Å². The third-order valence-electron chi connectivity index (χ3n) is 3.67. The van der Waals surface area contributed by atoms with Gasteiger partial charge in [0, 0.05) is 0 Å². The number of esters is 1. The van der Waals surface area contributed by atoms with Gasteiger partial charge in [-0.1, -0.05) is 33.8 Å². The molecule has 0 bridgehead atoms. The first-order chi connectivity index (χ1) is 10.4. The molecule has 1 heterocycles. The lowest BCUT2D eigenvalue weighted by atomic mass is 10.0. The van der Waals surface area contributed by atoms with E-state index in [9.17, 15) is 4.79 Å². The summed E-state index contributed by atoms with van der Waals surface area (Å²) in [6, 6.07) is 5.59. The van der Waals surface area contributed by atoms with Crippen LogP contribution in [0.3, 0.4) is 0 Å². The van der Waals surface area contributed by atoms with E-state index in [0.717, 1.165) is 11.4 Å². The van der Waals surface area contributed by atoms with Crippen molar-refractivity contribution in [3.05, 3.63) is 18.2 Å². The zero-order chi connectivity index (χ0) is 16.3. The molecule has 1 atom stereocenters. The van der Waals surface area contributed by atoms with E-state index in [1.165, 1.54) is 0 Å². The van der Waals surface area contributed by atoms with Crippen LogP contribution in [0, 0.1) is 11.8 Å². The Morgan fingerprint density at radius 1 is 1.41 bits per heavy atom. The highest BCUT2D eigenvalue weighted by atomic mass is 16.5. The zero-order valence-corrected chi connectivity index (χ0v) is 13.8. The first kappa shape index (κ1) is 16.5. The van der Waals surface area contributed by atoms with Gasteiger partial charge in [0.1, 0.15) is 24.1 Å². The molecular formula is C17H26N2O3. The van der Waals surface area contributed by atoms with Crippen molar-refractivity contribution >= 4 is 17.3 Å². The Morgan fingerprint density at radius 3 is 2.77 bits per heavy atom.